The first kappa shape index (κ1) is 13.4. The molecule has 0 spiro atoms. The van der Waals surface area contributed by atoms with Crippen LogP contribution in [0, 0.1) is 0 Å². The van der Waals surface area contributed by atoms with Crippen LogP contribution in [-0.4, -0.2) is 55.1 Å². The van der Waals surface area contributed by atoms with E-state index in [1.807, 2.05) is 12.1 Å². The molecule has 5 heteroatoms. The molecule has 0 unspecified atom stereocenters. The maximum atomic E-state index is 11.9. The predicted molar refractivity (Wildman–Crippen MR) is 79.1 cm³/mol. The van der Waals surface area contributed by atoms with Crippen molar-refractivity contribution in [3.8, 4) is 0 Å². The SMILES string of the molecule is CNC(=O)c1cccnc1N1CC(N2CCCCC2)C1. The standard InChI is InChI=1S/C15H22N4O/c1-16-15(20)13-6-5-7-17-14(13)19-10-12(11-19)18-8-3-2-4-9-18/h5-7,12H,2-4,8-11H2,1H3,(H,16,20). The van der Waals surface area contributed by atoms with Crippen LogP contribution in [0.4, 0.5) is 5.82 Å². The number of aromatic nitrogens is 1. The lowest BCUT2D eigenvalue weighted by molar-refractivity contribution is 0.0961. The lowest BCUT2D eigenvalue weighted by atomic mass is 10.0. The fourth-order valence-electron chi connectivity index (χ4n) is 3.10. The van der Waals surface area contributed by atoms with E-state index in [1.54, 1.807) is 13.2 Å². The molecule has 0 bridgehead atoms. The van der Waals surface area contributed by atoms with Gasteiger partial charge < -0.3 is 10.2 Å². The van der Waals surface area contributed by atoms with Gasteiger partial charge in [-0.2, -0.15) is 0 Å². The topological polar surface area (TPSA) is 48.5 Å². The molecule has 2 saturated heterocycles. The highest BCUT2D eigenvalue weighted by Crippen LogP contribution is 2.26. The largest absolute Gasteiger partial charge is 0.355 e. The molecule has 2 aliphatic rings. The number of nitrogens with zero attached hydrogens (tertiary/aromatic N) is 3. The molecule has 2 aliphatic heterocycles. The van der Waals surface area contributed by atoms with Crippen molar-refractivity contribution >= 4 is 11.7 Å². The van der Waals surface area contributed by atoms with E-state index in [2.05, 4.69) is 20.1 Å². The van der Waals surface area contributed by atoms with Crippen LogP contribution in [0.25, 0.3) is 0 Å². The fourth-order valence-corrected chi connectivity index (χ4v) is 3.10. The Morgan fingerprint density at radius 3 is 2.75 bits per heavy atom. The smallest absolute Gasteiger partial charge is 0.254 e. The van der Waals surface area contributed by atoms with E-state index in [4.69, 9.17) is 0 Å². The summed E-state index contributed by atoms with van der Waals surface area (Å²) < 4.78 is 0. The summed E-state index contributed by atoms with van der Waals surface area (Å²) >= 11 is 0. The normalized spacial score (nSPS) is 20.6. The van der Waals surface area contributed by atoms with Crippen molar-refractivity contribution in [1.82, 2.24) is 15.2 Å². The van der Waals surface area contributed by atoms with E-state index in [9.17, 15) is 4.79 Å². The zero-order chi connectivity index (χ0) is 13.9. The molecule has 3 heterocycles. The van der Waals surface area contributed by atoms with Crippen molar-refractivity contribution in [1.29, 1.82) is 0 Å². The molecular formula is C15H22N4O. The van der Waals surface area contributed by atoms with Crippen LogP contribution in [0.1, 0.15) is 29.6 Å². The Morgan fingerprint density at radius 2 is 2.05 bits per heavy atom. The van der Waals surface area contributed by atoms with Gasteiger partial charge in [0, 0.05) is 32.4 Å². The minimum absolute atomic E-state index is 0.0606. The maximum absolute atomic E-state index is 11.9. The van der Waals surface area contributed by atoms with E-state index in [0.717, 1.165) is 18.9 Å². The van der Waals surface area contributed by atoms with Gasteiger partial charge in [-0.05, 0) is 38.1 Å². The van der Waals surface area contributed by atoms with Gasteiger partial charge in [0.05, 0.1) is 5.56 Å². The van der Waals surface area contributed by atoms with Gasteiger partial charge in [0.25, 0.3) is 5.91 Å². The molecule has 1 aromatic heterocycles. The van der Waals surface area contributed by atoms with Crippen LogP contribution in [0.3, 0.4) is 0 Å². The Bertz CT molecular complexity index is 479. The molecule has 1 amide bonds. The number of piperidine rings is 1. The predicted octanol–water partition coefficient (Wildman–Crippen LogP) is 1.12. The van der Waals surface area contributed by atoms with Crippen LogP contribution in [0.15, 0.2) is 18.3 Å². The molecule has 5 nitrogen and oxygen atoms in total. The summed E-state index contributed by atoms with van der Waals surface area (Å²) in [5.41, 5.74) is 0.673. The van der Waals surface area contributed by atoms with Crippen LogP contribution >= 0.6 is 0 Å². The summed E-state index contributed by atoms with van der Waals surface area (Å²) in [4.78, 5) is 21.1. The van der Waals surface area contributed by atoms with Gasteiger partial charge in [-0.3, -0.25) is 9.69 Å². The van der Waals surface area contributed by atoms with Crippen molar-refractivity contribution in [3.05, 3.63) is 23.9 Å². The molecule has 0 aromatic carbocycles. The molecule has 3 rings (SSSR count). The Labute approximate surface area is 120 Å². The highest BCUT2D eigenvalue weighted by atomic mass is 16.1. The van der Waals surface area contributed by atoms with Gasteiger partial charge in [0.15, 0.2) is 0 Å². The summed E-state index contributed by atoms with van der Waals surface area (Å²) in [5, 5.41) is 2.68. The monoisotopic (exact) mass is 274 g/mol. The van der Waals surface area contributed by atoms with Gasteiger partial charge in [0.2, 0.25) is 0 Å². The second-order valence-electron chi connectivity index (χ2n) is 5.61. The number of carbonyl (C=O) groups excluding carboxylic acids is 1. The molecule has 1 aromatic rings. The summed E-state index contributed by atoms with van der Waals surface area (Å²) in [6, 6.07) is 4.29. The average molecular weight is 274 g/mol. The third-order valence-corrected chi connectivity index (χ3v) is 4.33. The van der Waals surface area contributed by atoms with Gasteiger partial charge in [-0.1, -0.05) is 6.42 Å². The number of nitrogens with one attached hydrogen (secondary N) is 1. The van der Waals surface area contributed by atoms with Crippen molar-refractivity contribution in [2.24, 2.45) is 0 Å². The number of hydrogen-bond acceptors (Lipinski definition) is 4. The molecule has 0 aliphatic carbocycles. The van der Waals surface area contributed by atoms with Crippen LogP contribution < -0.4 is 10.2 Å². The number of likely N-dealkylation sites (tertiary alicyclic amines) is 1. The highest BCUT2D eigenvalue weighted by Gasteiger charge is 2.34. The summed E-state index contributed by atoms with van der Waals surface area (Å²) in [6.45, 7) is 4.42. The quantitative estimate of drug-likeness (QED) is 0.897. The minimum Gasteiger partial charge on any atom is -0.355 e. The van der Waals surface area contributed by atoms with E-state index in [0.29, 0.717) is 11.6 Å². The third-order valence-electron chi connectivity index (χ3n) is 4.33. The molecule has 0 radical (unpaired) electrons. The van der Waals surface area contributed by atoms with Gasteiger partial charge >= 0.3 is 0 Å². The molecule has 108 valence electrons. The zero-order valence-electron chi connectivity index (χ0n) is 12.0. The van der Waals surface area contributed by atoms with Crippen molar-refractivity contribution < 1.29 is 4.79 Å². The number of pyridine rings is 1. The summed E-state index contributed by atoms with van der Waals surface area (Å²) in [5.74, 6) is 0.759. The molecular weight excluding hydrogens is 252 g/mol. The second-order valence-corrected chi connectivity index (χ2v) is 5.61. The summed E-state index contributed by atoms with van der Waals surface area (Å²) in [7, 11) is 1.66. The molecule has 1 N–H and O–H groups in total. The van der Waals surface area contributed by atoms with Gasteiger partial charge in [-0.25, -0.2) is 4.98 Å². The van der Waals surface area contributed by atoms with Crippen LogP contribution in [-0.2, 0) is 0 Å². The van der Waals surface area contributed by atoms with E-state index in [1.165, 1.54) is 32.4 Å². The van der Waals surface area contributed by atoms with E-state index >= 15 is 0 Å². The highest BCUT2D eigenvalue weighted by molar-refractivity contribution is 5.98. The number of carbonyl (C=O) groups is 1. The molecule has 0 atom stereocenters. The van der Waals surface area contributed by atoms with Crippen molar-refractivity contribution in [2.45, 2.75) is 25.3 Å². The van der Waals surface area contributed by atoms with E-state index < -0.39 is 0 Å². The van der Waals surface area contributed by atoms with Crippen molar-refractivity contribution in [3.63, 3.8) is 0 Å². The fraction of sp³-hybridized carbons (Fsp3) is 0.600. The number of rotatable bonds is 3. The average Bonchev–Trinajstić information content (AvgIpc) is 2.47. The van der Waals surface area contributed by atoms with E-state index in [-0.39, 0.29) is 5.91 Å². The van der Waals surface area contributed by atoms with Crippen molar-refractivity contribution in [2.75, 3.05) is 38.1 Å². The minimum atomic E-state index is -0.0606. The first-order valence-corrected chi connectivity index (χ1v) is 7.45. The molecule has 20 heavy (non-hydrogen) atoms. The molecule has 0 saturated carbocycles. The first-order chi connectivity index (χ1) is 9.79. The Kier molecular flexibility index (Phi) is 3.87. The number of anilines is 1. The summed E-state index contributed by atoms with van der Waals surface area (Å²) in [6.07, 6.45) is 5.77. The third kappa shape index (κ3) is 2.50. The van der Waals surface area contributed by atoms with Gasteiger partial charge in [0.1, 0.15) is 5.82 Å². The lowest BCUT2D eigenvalue weighted by Crippen LogP contribution is -2.61. The van der Waals surface area contributed by atoms with Crippen LogP contribution in [0.2, 0.25) is 0 Å². The lowest BCUT2D eigenvalue weighted by Gasteiger charge is -2.47. The number of hydrogen-bond donors (Lipinski definition) is 1. The second kappa shape index (κ2) is 5.79. The Balaban J connectivity index is 1.66. The van der Waals surface area contributed by atoms with Gasteiger partial charge in [-0.15, -0.1) is 0 Å². The molecule has 2 fully saturated rings. The number of amides is 1. The zero-order valence-corrected chi connectivity index (χ0v) is 12.0. The first-order valence-electron chi connectivity index (χ1n) is 7.45. The Hall–Kier alpha value is -1.62. The maximum Gasteiger partial charge on any atom is 0.254 e. The van der Waals surface area contributed by atoms with Crippen LogP contribution in [0.5, 0.6) is 0 Å². The Morgan fingerprint density at radius 1 is 1.30 bits per heavy atom.